The van der Waals surface area contributed by atoms with Crippen molar-refractivity contribution in [1.82, 2.24) is 9.80 Å². The molecule has 2 heterocycles. The summed E-state index contributed by atoms with van der Waals surface area (Å²) in [6.45, 7) is 6.77. The van der Waals surface area contributed by atoms with Gasteiger partial charge in [0.1, 0.15) is 0 Å². The molecule has 2 aliphatic rings. The van der Waals surface area contributed by atoms with E-state index in [2.05, 4.69) is 4.90 Å². The number of morpholine rings is 1. The molecule has 26 heavy (non-hydrogen) atoms. The first kappa shape index (κ1) is 19.3. The molecule has 3 rings (SSSR count). The third kappa shape index (κ3) is 4.84. The lowest BCUT2D eigenvalue weighted by atomic mass is 10.1. The lowest BCUT2D eigenvalue weighted by Crippen LogP contribution is -2.44. The van der Waals surface area contributed by atoms with Crippen LogP contribution in [0.2, 0.25) is 0 Å². The molecular formula is C19H28N2O4S. The predicted molar refractivity (Wildman–Crippen MR) is 101 cm³/mol. The number of hydrogen-bond donors (Lipinski definition) is 0. The van der Waals surface area contributed by atoms with Gasteiger partial charge >= 0.3 is 0 Å². The van der Waals surface area contributed by atoms with Gasteiger partial charge in [0.25, 0.3) is 5.91 Å². The molecule has 2 saturated heterocycles. The first-order chi connectivity index (χ1) is 12.5. The van der Waals surface area contributed by atoms with Gasteiger partial charge in [0.05, 0.1) is 24.7 Å². The fourth-order valence-corrected chi connectivity index (χ4v) is 5.46. The third-order valence-electron chi connectivity index (χ3n) is 5.26. The normalized spacial score (nSPS) is 23.0. The molecule has 1 atom stereocenters. The number of rotatable bonds is 6. The van der Waals surface area contributed by atoms with Crippen molar-refractivity contribution in [3.05, 3.63) is 35.4 Å². The van der Waals surface area contributed by atoms with Crippen molar-refractivity contribution in [2.75, 3.05) is 50.9 Å². The van der Waals surface area contributed by atoms with Crippen LogP contribution < -0.4 is 0 Å². The van der Waals surface area contributed by atoms with Gasteiger partial charge in [-0.25, -0.2) is 8.42 Å². The summed E-state index contributed by atoms with van der Waals surface area (Å²) in [6, 6.07) is 7.31. The molecule has 1 aromatic rings. The molecule has 1 amide bonds. The zero-order valence-electron chi connectivity index (χ0n) is 15.4. The van der Waals surface area contributed by atoms with E-state index in [-0.39, 0.29) is 23.5 Å². The van der Waals surface area contributed by atoms with E-state index in [1.807, 2.05) is 31.2 Å². The first-order valence-corrected chi connectivity index (χ1v) is 11.2. The zero-order chi connectivity index (χ0) is 18.6. The van der Waals surface area contributed by atoms with Gasteiger partial charge in [-0.3, -0.25) is 9.69 Å². The first-order valence-electron chi connectivity index (χ1n) is 9.33. The van der Waals surface area contributed by atoms with Crippen molar-refractivity contribution in [3.63, 3.8) is 0 Å². The van der Waals surface area contributed by atoms with Crippen molar-refractivity contribution in [3.8, 4) is 0 Å². The fourth-order valence-electron chi connectivity index (χ4n) is 3.73. The summed E-state index contributed by atoms with van der Waals surface area (Å²) in [5.74, 6) is 0.216. The van der Waals surface area contributed by atoms with Crippen LogP contribution in [0.5, 0.6) is 0 Å². The summed E-state index contributed by atoms with van der Waals surface area (Å²) in [5.41, 5.74) is 1.60. The standard InChI is InChI=1S/C19H28N2O4S/c1-16-5-2-3-6-18(16)19(22)21(17-7-14-26(23,24)15-17)9-4-8-20-10-12-25-13-11-20/h2-3,5-6,17H,4,7-15H2,1H3. The molecule has 0 aliphatic carbocycles. The van der Waals surface area contributed by atoms with Gasteiger partial charge in [-0.1, -0.05) is 18.2 Å². The maximum absolute atomic E-state index is 13.1. The number of aryl methyl sites for hydroxylation is 1. The Morgan fingerprint density at radius 3 is 2.65 bits per heavy atom. The van der Waals surface area contributed by atoms with Gasteiger partial charge in [-0.05, 0) is 31.4 Å². The highest BCUT2D eigenvalue weighted by atomic mass is 32.2. The van der Waals surface area contributed by atoms with E-state index in [4.69, 9.17) is 4.74 Å². The van der Waals surface area contributed by atoms with Crippen LogP contribution in [-0.4, -0.2) is 81.1 Å². The van der Waals surface area contributed by atoms with E-state index in [9.17, 15) is 13.2 Å². The molecule has 1 aromatic carbocycles. The topological polar surface area (TPSA) is 66.9 Å². The number of sulfone groups is 1. The number of amides is 1. The highest BCUT2D eigenvalue weighted by Gasteiger charge is 2.35. The van der Waals surface area contributed by atoms with E-state index < -0.39 is 9.84 Å². The molecular weight excluding hydrogens is 352 g/mol. The lowest BCUT2D eigenvalue weighted by Gasteiger charge is -2.31. The lowest BCUT2D eigenvalue weighted by molar-refractivity contribution is 0.0349. The Bertz CT molecular complexity index is 729. The zero-order valence-corrected chi connectivity index (χ0v) is 16.2. The average Bonchev–Trinajstić information content (AvgIpc) is 2.99. The smallest absolute Gasteiger partial charge is 0.254 e. The largest absolute Gasteiger partial charge is 0.379 e. The second-order valence-electron chi connectivity index (χ2n) is 7.18. The Labute approximate surface area is 156 Å². The van der Waals surface area contributed by atoms with Crippen LogP contribution in [-0.2, 0) is 14.6 Å². The van der Waals surface area contributed by atoms with E-state index in [1.54, 1.807) is 4.90 Å². The molecule has 0 aromatic heterocycles. The monoisotopic (exact) mass is 380 g/mol. The van der Waals surface area contributed by atoms with Crippen LogP contribution in [0.1, 0.15) is 28.8 Å². The highest BCUT2D eigenvalue weighted by Crippen LogP contribution is 2.21. The minimum absolute atomic E-state index is 0.0489. The van der Waals surface area contributed by atoms with E-state index in [0.29, 0.717) is 18.5 Å². The molecule has 0 N–H and O–H groups in total. The van der Waals surface area contributed by atoms with E-state index in [1.165, 1.54) is 0 Å². The average molecular weight is 381 g/mol. The second kappa shape index (κ2) is 8.50. The van der Waals surface area contributed by atoms with Crippen LogP contribution in [0, 0.1) is 6.92 Å². The summed E-state index contributed by atoms with van der Waals surface area (Å²) in [5, 5.41) is 0. The van der Waals surface area contributed by atoms with Gasteiger partial charge in [-0.2, -0.15) is 0 Å². The number of hydrogen-bond acceptors (Lipinski definition) is 5. The molecule has 144 valence electrons. The molecule has 7 heteroatoms. The van der Waals surface area contributed by atoms with Crippen LogP contribution in [0.4, 0.5) is 0 Å². The molecule has 0 saturated carbocycles. The third-order valence-corrected chi connectivity index (χ3v) is 7.01. The Morgan fingerprint density at radius 1 is 1.27 bits per heavy atom. The Hall–Kier alpha value is -1.44. The highest BCUT2D eigenvalue weighted by molar-refractivity contribution is 7.91. The Kier molecular flexibility index (Phi) is 6.32. The predicted octanol–water partition coefficient (Wildman–Crippen LogP) is 1.35. The van der Waals surface area contributed by atoms with Gasteiger partial charge in [0.2, 0.25) is 0 Å². The van der Waals surface area contributed by atoms with Gasteiger partial charge in [-0.15, -0.1) is 0 Å². The van der Waals surface area contributed by atoms with Crippen molar-refractivity contribution >= 4 is 15.7 Å². The SMILES string of the molecule is Cc1ccccc1C(=O)N(CCCN1CCOCC1)C1CCS(=O)(=O)C1. The molecule has 2 fully saturated rings. The molecule has 0 radical (unpaired) electrons. The van der Waals surface area contributed by atoms with Gasteiger partial charge in [0.15, 0.2) is 9.84 Å². The van der Waals surface area contributed by atoms with Crippen LogP contribution in [0.3, 0.4) is 0 Å². The minimum atomic E-state index is -3.03. The van der Waals surface area contributed by atoms with Crippen LogP contribution >= 0.6 is 0 Å². The van der Waals surface area contributed by atoms with Crippen molar-refractivity contribution in [2.24, 2.45) is 0 Å². The maximum Gasteiger partial charge on any atom is 0.254 e. The molecule has 0 bridgehead atoms. The Balaban J connectivity index is 1.69. The minimum Gasteiger partial charge on any atom is -0.379 e. The summed E-state index contributed by atoms with van der Waals surface area (Å²) < 4.78 is 29.2. The molecule has 1 unspecified atom stereocenters. The van der Waals surface area contributed by atoms with Crippen molar-refractivity contribution < 1.29 is 17.9 Å². The second-order valence-corrected chi connectivity index (χ2v) is 9.41. The number of ether oxygens (including phenoxy) is 1. The van der Waals surface area contributed by atoms with Crippen LogP contribution in [0.15, 0.2) is 24.3 Å². The maximum atomic E-state index is 13.1. The number of carbonyl (C=O) groups is 1. The molecule has 2 aliphatic heterocycles. The molecule has 6 nitrogen and oxygen atoms in total. The molecule has 0 spiro atoms. The van der Waals surface area contributed by atoms with Crippen molar-refractivity contribution in [2.45, 2.75) is 25.8 Å². The van der Waals surface area contributed by atoms with Crippen LogP contribution in [0.25, 0.3) is 0 Å². The van der Waals surface area contributed by atoms with E-state index >= 15 is 0 Å². The number of nitrogens with zero attached hydrogens (tertiary/aromatic N) is 2. The summed E-state index contributed by atoms with van der Waals surface area (Å²) in [7, 11) is -3.03. The quantitative estimate of drug-likeness (QED) is 0.745. The summed E-state index contributed by atoms with van der Waals surface area (Å²) in [6.07, 6.45) is 1.38. The number of benzene rings is 1. The number of carbonyl (C=O) groups excluding carboxylic acids is 1. The van der Waals surface area contributed by atoms with Gasteiger partial charge in [0, 0.05) is 37.8 Å². The fraction of sp³-hybridized carbons (Fsp3) is 0.632. The Morgan fingerprint density at radius 2 is 2.00 bits per heavy atom. The van der Waals surface area contributed by atoms with E-state index in [0.717, 1.165) is 44.8 Å². The summed E-state index contributed by atoms with van der Waals surface area (Å²) in [4.78, 5) is 17.3. The summed E-state index contributed by atoms with van der Waals surface area (Å²) >= 11 is 0. The van der Waals surface area contributed by atoms with Gasteiger partial charge < -0.3 is 9.64 Å². The van der Waals surface area contributed by atoms with Crippen molar-refractivity contribution in [1.29, 1.82) is 0 Å².